The summed E-state index contributed by atoms with van der Waals surface area (Å²) in [7, 11) is 0. The summed E-state index contributed by atoms with van der Waals surface area (Å²) in [5, 5.41) is 4.83. The Morgan fingerprint density at radius 2 is 2.38 bits per heavy atom. The summed E-state index contributed by atoms with van der Waals surface area (Å²) in [6.07, 6.45) is 1.57. The van der Waals surface area contributed by atoms with Crippen molar-refractivity contribution < 1.29 is 9.53 Å². The van der Waals surface area contributed by atoms with E-state index in [1.165, 1.54) is 11.3 Å². The fourth-order valence-electron chi connectivity index (χ4n) is 3.07. The first-order valence-corrected chi connectivity index (χ1v) is 9.07. The predicted octanol–water partition coefficient (Wildman–Crippen LogP) is 1.77. The van der Waals surface area contributed by atoms with Crippen molar-refractivity contribution in [2.24, 2.45) is 0 Å². The van der Waals surface area contributed by atoms with Crippen molar-refractivity contribution in [3.05, 3.63) is 33.2 Å². The van der Waals surface area contributed by atoms with Gasteiger partial charge in [-0.2, -0.15) is 0 Å². The third kappa shape index (κ3) is 3.76. The van der Waals surface area contributed by atoms with Gasteiger partial charge in [0.15, 0.2) is 4.96 Å². The number of carbonyl (C=O) groups excluding carboxylic acids is 1. The SMILES string of the molecule is CCOC(=O)N[C@@H]1CCCN(Cc2cc(=O)n3c(C)csc3n2)C1. The number of hydrogen-bond donors (Lipinski definition) is 1. The molecule has 1 aliphatic heterocycles. The van der Waals surface area contributed by atoms with E-state index in [2.05, 4.69) is 15.2 Å². The smallest absolute Gasteiger partial charge is 0.407 e. The molecule has 0 bridgehead atoms. The first-order valence-electron chi connectivity index (χ1n) is 8.19. The van der Waals surface area contributed by atoms with Crippen molar-refractivity contribution in [3.63, 3.8) is 0 Å². The number of amides is 1. The number of hydrogen-bond acceptors (Lipinski definition) is 6. The first kappa shape index (κ1) is 16.9. The van der Waals surface area contributed by atoms with Gasteiger partial charge in [0.05, 0.1) is 12.3 Å². The molecule has 0 radical (unpaired) electrons. The monoisotopic (exact) mass is 350 g/mol. The number of rotatable bonds is 4. The fourth-order valence-corrected chi connectivity index (χ4v) is 3.96. The van der Waals surface area contributed by atoms with E-state index < -0.39 is 0 Å². The number of alkyl carbamates (subject to hydrolysis) is 1. The number of fused-ring (bicyclic) bond motifs is 1. The number of carbonyl (C=O) groups is 1. The highest BCUT2D eigenvalue weighted by molar-refractivity contribution is 7.15. The summed E-state index contributed by atoms with van der Waals surface area (Å²) in [5.41, 5.74) is 1.65. The lowest BCUT2D eigenvalue weighted by molar-refractivity contribution is 0.132. The standard InChI is InChI=1S/C16H22N4O3S/c1-3-23-16(22)18-12-5-4-6-19(8-12)9-13-7-14(21)20-11(2)10-24-15(20)17-13/h7,10,12H,3-6,8-9H2,1-2H3,(H,18,22)/t12-/m1/s1. The maximum Gasteiger partial charge on any atom is 0.407 e. The van der Waals surface area contributed by atoms with Gasteiger partial charge < -0.3 is 10.1 Å². The second kappa shape index (κ2) is 7.31. The van der Waals surface area contributed by atoms with Gasteiger partial charge in [0.2, 0.25) is 0 Å². The van der Waals surface area contributed by atoms with Crippen molar-refractivity contribution in [2.45, 2.75) is 39.3 Å². The van der Waals surface area contributed by atoms with Crippen molar-refractivity contribution in [3.8, 4) is 0 Å². The zero-order chi connectivity index (χ0) is 17.1. The van der Waals surface area contributed by atoms with Crippen LogP contribution in [0.15, 0.2) is 16.2 Å². The maximum absolute atomic E-state index is 12.2. The van der Waals surface area contributed by atoms with Gasteiger partial charge in [-0.1, -0.05) is 0 Å². The van der Waals surface area contributed by atoms with Gasteiger partial charge in [-0.05, 0) is 33.2 Å². The van der Waals surface area contributed by atoms with Crippen LogP contribution in [0.2, 0.25) is 0 Å². The van der Waals surface area contributed by atoms with Crippen LogP contribution in [0.25, 0.3) is 4.96 Å². The largest absolute Gasteiger partial charge is 0.450 e. The van der Waals surface area contributed by atoms with Crippen LogP contribution in [0.4, 0.5) is 4.79 Å². The van der Waals surface area contributed by atoms with Gasteiger partial charge in [0.1, 0.15) is 0 Å². The molecule has 1 amide bonds. The highest BCUT2D eigenvalue weighted by Gasteiger charge is 2.22. The third-order valence-corrected chi connectivity index (χ3v) is 5.06. The van der Waals surface area contributed by atoms with Gasteiger partial charge in [-0.15, -0.1) is 11.3 Å². The van der Waals surface area contributed by atoms with E-state index in [1.807, 2.05) is 12.3 Å². The van der Waals surface area contributed by atoms with Crippen molar-refractivity contribution in [2.75, 3.05) is 19.7 Å². The Bertz CT molecular complexity index is 785. The minimum atomic E-state index is -0.365. The molecule has 0 aliphatic carbocycles. The molecule has 2 aromatic rings. The Balaban J connectivity index is 1.67. The van der Waals surface area contributed by atoms with Crippen LogP contribution in [-0.4, -0.2) is 46.1 Å². The average Bonchev–Trinajstić information content (AvgIpc) is 2.89. The Labute approximate surface area is 144 Å². The van der Waals surface area contributed by atoms with E-state index in [-0.39, 0.29) is 17.7 Å². The van der Waals surface area contributed by atoms with E-state index in [0.29, 0.717) is 13.2 Å². The number of nitrogens with zero attached hydrogens (tertiary/aromatic N) is 3. The average molecular weight is 350 g/mol. The normalized spacial score (nSPS) is 18.7. The maximum atomic E-state index is 12.2. The van der Waals surface area contributed by atoms with Crippen LogP contribution in [0.1, 0.15) is 31.2 Å². The number of aromatic nitrogens is 2. The molecule has 1 aliphatic rings. The Morgan fingerprint density at radius 3 is 3.17 bits per heavy atom. The lowest BCUT2D eigenvalue weighted by Gasteiger charge is -2.32. The van der Waals surface area contributed by atoms with E-state index in [4.69, 9.17) is 4.74 Å². The lowest BCUT2D eigenvalue weighted by atomic mass is 10.1. The van der Waals surface area contributed by atoms with Crippen LogP contribution < -0.4 is 10.9 Å². The topological polar surface area (TPSA) is 75.9 Å². The molecule has 0 spiro atoms. The highest BCUT2D eigenvalue weighted by Crippen LogP contribution is 2.15. The van der Waals surface area contributed by atoms with E-state index in [9.17, 15) is 9.59 Å². The zero-order valence-corrected chi connectivity index (χ0v) is 14.8. The molecule has 130 valence electrons. The van der Waals surface area contributed by atoms with E-state index in [1.54, 1.807) is 17.4 Å². The summed E-state index contributed by atoms with van der Waals surface area (Å²) in [6, 6.07) is 1.68. The molecule has 1 atom stereocenters. The molecule has 0 aromatic carbocycles. The molecule has 8 heteroatoms. The molecule has 1 fully saturated rings. The summed E-state index contributed by atoms with van der Waals surface area (Å²) in [6.45, 7) is 6.36. The molecule has 0 unspecified atom stereocenters. The van der Waals surface area contributed by atoms with Gasteiger partial charge in [0, 0.05) is 36.3 Å². The Hall–Kier alpha value is -1.93. The van der Waals surface area contributed by atoms with Gasteiger partial charge >= 0.3 is 6.09 Å². The molecule has 3 rings (SSSR count). The number of thiazole rings is 1. The summed E-state index contributed by atoms with van der Waals surface area (Å²) < 4.78 is 6.58. The van der Waals surface area contributed by atoms with Gasteiger partial charge in [-0.3, -0.25) is 14.1 Å². The molecule has 1 saturated heterocycles. The van der Waals surface area contributed by atoms with Crippen LogP contribution in [-0.2, 0) is 11.3 Å². The number of ether oxygens (including phenoxy) is 1. The van der Waals surface area contributed by atoms with Gasteiger partial charge in [-0.25, -0.2) is 9.78 Å². The summed E-state index contributed by atoms with van der Waals surface area (Å²) >= 11 is 1.48. The summed E-state index contributed by atoms with van der Waals surface area (Å²) in [4.78, 5) is 31.4. The van der Waals surface area contributed by atoms with Crippen molar-refractivity contribution in [1.29, 1.82) is 0 Å². The predicted molar refractivity (Wildman–Crippen MR) is 92.5 cm³/mol. The van der Waals surface area contributed by atoms with Crippen LogP contribution >= 0.6 is 11.3 Å². The minimum absolute atomic E-state index is 0.0352. The molecule has 3 heterocycles. The quantitative estimate of drug-likeness (QED) is 0.910. The molecule has 7 nitrogen and oxygen atoms in total. The second-order valence-electron chi connectivity index (χ2n) is 6.02. The summed E-state index contributed by atoms with van der Waals surface area (Å²) in [5.74, 6) is 0. The lowest BCUT2D eigenvalue weighted by Crippen LogP contribution is -2.47. The number of piperidine rings is 1. The fraction of sp³-hybridized carbons (Fsp3) is 0.562. The van der Waals surface area contributed by atoms with Crippen molar-refractivity contribution in [1.82, 2.24) is 19.6 Å². The number of likely N-dealkylation sites (tertiary alicyclic amines) is 1. The van der Waals surface area contributed by atoms with Crippen LogP contribution in [0.3, 0.4) is 0 Å². The molecule has 0 saturated carbocycles. The highest BCUT2D eigenvalue weighted by atomic mass is 32.1. The molecule has 1 N–H and O–H groups in total. The van der Waals surface area contributed by atoms with Crippen LogP contribution in [0, 0.1) is 6.92 Å². The van der Waals surface area contributed by atoms with Crippen LogP contribution in [0.5, 0.6) is 0 Å². The third-order valence-electron chi connectivity index (χ3n) is 4.12. The van der Waals surface area contributed by atoms with E-state index in [0.717, 1.165) is 42.3 Å². The number of aryl methyl sites for hydroxylation is 1. The minimum Gasteiger partial charge on any atom is -0.450 e. The zero-order valence-electron chi connectivity index (χ0n) is 13.9. The Kier molecular flexibility index (Phi) is 5.15. The molecule has 2 aromatic heterocycles. The first-order chi connectivity index (χ1) is 11.6. The molecular weight excluding hydrogens is 328 g/mol. The van der Waals surface area contributed by atoms with Crippen molar-refractivity contribution >= 4 is 22.4 Å². The molecule has 24 heavy (non-hydrogen) atoms. The van der Waals surface area contributed by atoms with Gasteiger partial charge in [0.25, 0.3) is 5.56 Å². The molecular formula is C16H22N4O3S. The second-order valence-corrected chi connectivity index (χ2v) is 6.86. The Morgan fingerprint density at radius 1 is 1.54 bits per heavy atom. The van der Waals surface area contributed by atoms with E-state index >= 15 is 0 Å². The number of nitrogens with one attached hydrogen (secondary N) is 1.